The molecule has 4 aromatic heterocycles. The Bertz CT molecular complexity index is 1950. The lowest BCUT2D eigenvalue weighted by atomic mass is 10.0. The number of hydrogen-bond donors (Lipinski definition) is 2. The molecule has 0 fully saturated rings. The summed E-state index contributed by atoms with van der Waals surface area (Å²) in [6.07, 6.45) is -3.24. The van der Waals surface area contributed by atoms with Gasteiger partial charge in [0.2, 0.25) is 0 Å². The number of nitro benzene ring substituents is 1. The van der Waals surface area contributed by atoms with E-state index in [1.807, 2.05) is 6.92 Å². The van der Waals surface area contributed by atoms with Crippen LogP contribution in [-0.4, -0.2) is 31.5 Å². The minimum absolute atomic E-state index is 0.00940. The van der Waals surface area contributed by atoms with Crippen LogP contribution in [0.15, 0.2) is 47.0 Å². The van der Waals surface area contributed by atoms with E-state index in [9.17, 15) is 32.9 Å². The van der Waals surface area contributed by atoms with Crippen LogP contribution in [0.5, 0.6) is 5.75 Å². The van der Waals surface area contributed by atoms with E-state index >= 15 is 0 Å². The summed E-state index contributed by atoms with van der Waals surface area (Å²) < 4.78 is 54.1. The monoisotopic (exact) mass is 648 g/mol. The highest BCUT2D eigenvalue weighted by atomic mass is 35.5. The highest BCUT2D eigenvalue weighted by Crippen LogP contribution is 2.44. The molecule has 2 amide bonds. The number of aryl methyl sites for hydroxylation is 2. The number of nitrogens with one attached hydrogen (secondary N) is 1. The molecular formula is C27H20ClF3N6O6S. The first-order valence-corrected chi connectivity index (χ1v) is 13.8. The number of hydrogen-bond acceptors (Lipinski definition) is 9. The van der Waals surface area contributed by atoms with Gasteiger partial charge < -0.3 is 20.2 Å². The molecule has 1 aromatic carbocycles. The molecule has 0 aliphatic rings. The molecule has 12 nitrogen and oxygen atoms in total. The Morgan fingerprint density at radius 2 is 1.98 bits per heavy atom. The Balaban J connectivity index is 1.49. The fourth-order valence-electron chi connectivity index (χ4n) is 4.31. The van der Waals surface area contributed by atoms with E-state index < -0.39 is 28.6 Å². The standard InChI is InChI=1S/C27H20ClF3N6O6S/c1-3-36-10-16(12(2)35-36)15-9-20(27(29,30)31)33-26-21(15)22(23(44-26)24(32)38)34-25(39)19-7-5-14(43-19)11-42-18-6-4-13(37(40)41)8-17(18)28/h4-10H,3,11H2,1-2H3,(H2,32,38)(H,34,39). The summed E-state index contributed by atoms with van der Waals surface area (Å²) in [5.74, 6) is -1.73. The molecule has 0 atom stereocenters. The highest BCUT2D eigenvalue weighted by molar-refractivity contribution is 7.21. The predicted octanol–water partition coefficient (Wildman–Crippen LogP) is 6.59. The number of benzene rings is 1. The number of fused-ring (bicyclic) bond motifs is 1. The Morgan fingerprint density at radius 3 is 2.59 bits per heavy atom. The summed E-state index contributed by atoms with van der Waals surface area (Å²) in [5, 5.41) is 17.8. The molecular weight excluding hydrogens is 629 g/mol. The number of ether oxygens (including phenoxy) is 1. The van der Waals surface area contributed by atoms with Gasteiger partial charge in [0, 0.05) is 35.8 Å². The molecule has 0 bridgehead atoms. The first-order valence-electron chi connectivity index (χ1n) is 12.6. The molecule has 0 radical (unpaired) electrons. The summed E-state index contributed by atoms with van der Waals surface area (Å²) in [6, 6.07) is 7.23. The summed E-state index contributed by atoms with van der Waals surface area (Å²) in [5.41, 5.74) is 4.83. The molecule has 17 heteroatoms. The lowest BCUT2D eigenvalue weighted by Gasteiger charge is -2.11. The number of halogens is 4. The number of rotatable bonds is 9. The minimum atomic E-state index is -4.80. The lowest BCUT2D eigenvalue weighted by molar-refractivity contribution is -0.384. The largest absolute Gasteiger partial charge is 0.484 e. The zero-order valence-corrected chi connectivity index (χ0v) is 24.3. The molecule has 0 aliphatic heterocycles. The summed E-state index contributed by atoms with van der Waals surface area (Å²) in [4.78, 5) is 39.3. The number of pyridine rings is 1. The third-order valence-corrected chi connectivity index (χ3v) is 7.75. The van der Waals surface area contributed by atoms with E-state index in [0.29, 0.717) is 29.1 Å². The maximum atomic E-state index is 13.8. The van der Waals surface area contributed by atoms with Gasteiger partial charge in [0.15, 0.2) is 5.76 Å². The topological polar surface area (TPSA) is 168 Å². The van der Waals surface area contributed by atoms with Crippen LogP contribution in [0, 0.1) is 17.0 Å². The second-order valence-corrected chi connectivity index (χ2v) is 10.7. The van der Waals surface area contributed by atoms with Gasteiger partial charge in [0.1, 0.15) is 33.5 Å². The van der Waals surface area contributed by atoms with Crippen LogP contribution in [0.4, 0.5) is 24.5 Å². The second-order valence-electron chi connectivity index (χ2n) is 9.27. The molecule has 0 saturated carbocycles. The van der Waals surface area contributed by atoms with Gasteiger partial charge in [0.25, 0.3) is 17.5 Å². The highest BCUT2D eigenvalue weighted by Gasteiger charge is 2.35. The van der Waals surface area contributed by atoms with Crippen LogP contribution in [0.25, 0.3) is 21.3 Å². The second kappa shape index (κ2) is 11.6. The van der Waals surface area contributed by atoms with Crippen LogP contribution >= 0.6 is 22.9 Å². The molecule has 44 heavy (non-hydrogen) atoms. The van der Waals surface area contributed by atoms with Crippen molar-refractivity contribution in [1.29, 1.82) is 0 Å². The van der Waals surface area contributed by atoms with Gasteiger partial charge in [0.05, 0.1) is 21.3 Å². The number of amides is 2. The Hall–Kier alpha value is -4.96. The van der Waals surface area contributed by atoms with Crippen LogP contribution in [-0.2, 0) is 19.3 Å². The first kappa shape index (κ1) is 30.5. The van der Waals surface area contributed by atoms with E-state index in [2.05, 4.69) is 15.4 Å². The fourth-order valence-corrected chi connectivity index (χ4v) is 5.55. The van der Waals surface area contributed by atoms with Crippen LogP contribution in [0.2, 0.25) is 5.02 Å². The molecule has 5 rings (SSSR count). The number of furan rings is 1. The van der Waals surface area contributed by atoms with Gasteiger partial charge in [-0.2, -0.15) is 18.3 Å². The number of alkyl halides is 3. The number of non-ortho nitro benzene ring substituents is 1. The van der Waals surface area contributed by atoms with Crippen molar-refractivity contribution in [3.8, 4) is 16.9 Å². The summed E-state index contributed by atoms with van der Waals surface area (Å²) >= 11 is 6.65. The van der Waals surface area contributed by atoms with E-state index in [-0.39, 0.29) is 60.9 Å². The molecule has 0 spiro atoms. The minimum Gasteiger partial charge on any atom is -0.484 e. The van der Waals surface area contributed by atoms with Gasteiger partial charge in [-0.3, -0.25) is 24.4 Å². The number of nitrogens with two attached hydrogens (primary N) is 1. The zero-order valence-electron chi connectivity index (χ0n) is 22.7. The van der Waals surface area contributed by atoms with Gasteiger partial charge >= 0.3 is 6.18 Å². The average Bonchev–Trinajstić information content (AvgIpc) is 3.68. The van der Waals surface area contributed by atoms with Crippen molar-refractivity contribution in [2.45, 2.75) is 33.2 Å². The zero-order chi connectivity index (χ0) is 31.9. The van der Waals surface area contributed by atoms with E-state index in [4.69, 9.17) is 26.5 Å². The van der Waals surface area contributed by atoms with Crippen LogP contribution in [0.1, 0.15) is 44.3 Å². The Morgan fingerprint density at radius 1 is 1.23 bits per heavy atom. The van der Waals surface area contributed by atoms with Crippen molar-refractivity contribution in [3.05, 3.63) is 85.5 Å². The van der Waals surface area contributed by atoms with Crippen molar-refractivity contribution in [2.24, 2.45) is 5.73 Å². The number of anilines is 1. The number of nitrogens with zero attached hydrogens (tertiary/aromatic N) is 4. The third-order valence-electron chi connectivity index (χ3n) is 6.36. The quantitative estimate of drug-likeness (QED) is 0.133. The molecule has 4 heterocycles. The molecule has 5 aromatic rings. The Kier molecular flexibility index (Phi) is 8.05. The van der Waals surface area contributed by atoms with Gasteiger partial charge in [-0.05, 0) is 43.7 Å². The van der Waals surface area contributed by atoms with Crippen molar-refractivity contribution in [3.63, 3.8) is 0 Å². The molecule has 0 saturated heterocycles. The maximum Gasteiger partial charge on any atom is 0.433 e. The number of primary amides is 1. The average molecular weight is 649 g/mol. The molecule has 0 unspecified atom stereocenters. The number of carbonyl (C=O) groups is 2. The number of carbonyl (C=O) groups excluding carboxylic acids is 2. The van der Waals surface area contributed by atoms with E-state index in [1.165, 1.54) is 24.3 Å². The maximum absolute atomic E-state index is 13.8. The van der Waals surface area contributed by atoms with Crippen molar-refractivity contribution in [2.75, 3.05) is 5.32 Å². The fraction of sp³-hybridized carbons (Fsp3) is 0.185. The van der Waals surface area contributed by atoms with Gasteiger partial charge in [-0.25, -0.2) is 4.98 Å². The summed E-state index contributed by atoms with van der Waals surface area (Å²) in [7, 11) is 0. The molecule has 0 aliphatic carbocycles. The van der Waals surface area contributed by atoms with Crippen molar-refractivity contribution >= 4 is 56.3 Å². The normalized spacial score (nSPS) is 11.6. The van der Waals surface area contributed by atoms with Gasteiger partial charge in [-0.15, -0.1) is 11.3 Å². The number of aromatic nitrogens is 3. The van der Waals surface area contributed by atoms with E-state index in [1.54, 1.807) is 17.8 Å². The Labute approximate surface area is 254 Å². The van der Waals surface area contributed by atoms with Crippen molar-refractivity contribution in [1.82, 2.24) is 14.8 Å². The molecule has 3 N–H and O–H groups in total. The first-order chi connectivity index (χ1) is 20.8. The molecule has 228 valence electrons. The van der Waals surface area contributed by atoms with Crippen molar-refractivity contribution < 1.29 is 36.8 Å². The van der Waals surface area contributed by atoms with Gasteiger partial charge in [-0.1, -0.05) is 11.6 Å². The number of nitro groups is 1. The third kappa shape index (κ3) is 5.93. The number of thiophene rings is 1. The van der Waals surface area contributed by atoms with Crippen LogP contribution in [0.3, 0.4) is 0 Å². The van der Waals surface area contributed by atoms with Crippen LogP contribution < -0.4 is 15.8 Å². The SMILES string of the molecule is CCn1cc(-c2cc(C(F)(F)F)nc3sc(C(N)=O)c(NC(=O)c4ccc(COc5ccc([N+](=O)[O-])cc5Cl)o4)c23)c(C)n1. The van der Waals surface area contributed by atoms with E-state index in [0.717, 1.165) is 12.1 Å². The lowest BCUT2D eigenvalue weighted by Crippen LogP contribution is -2.16. The summed E-state index contributed by atoms with van der Waals surface area (Å²) in [6.45, 7) is 3.68. The smallest absolute Gasteiger partial charge is 0.433 e. The predicted molar refractivity (Wildman–Crippen MR) is 154 cm³/mol.